The number of rotatable bonds is 2. The Kier molecular flexibility index (Phi) is 2.91. The molecule has 1 unspecified atom stereocenters. The van der Waals surface area contributed by atoms with Crippen LogP contribution in [0.2, 0.25) is 0 Å². The molecule has 1 aromatic carbocycles. The number of carbonyl (C=O) groups excluding carboxylic acids is 1. The molecular weight excluding hydrogens is 240 g/mol. The molecular formula is C15H14N2O2. The second-order valence-corrected chi connectivity index (χ2v) is 4.59. The Balaban J connectivity index is 1.92. The number of hydrogen-bond donors (Lipinski definition) is 0. The molecule has 1 atom stereocenters. The first-order valence-electron chi connectivity index (χ1n) is 6.22. The van der Waals surface area contributed by atoms with E-state index in [1.807, 2.05) is 37.3 Å². The van der Waals surface area contributed by atoms with E-state index in [0.29, 0.717) is 12.0 Å². The Bertz CT molecular complexity index is 602. The van der Waals surface area contributed by atoms with Gasteiger partial charge in [-0.2, -0.15) is 5.10 Å². The lowest BCUT2D eigenvalue weighted by Crippen LogP contribution is -2.26. The number of benzene rings is 1. The fourth-order valence-electron chi connectivity index (χ4n) is 2.26. The largest absolute Gasteiger partial charge is 0.467 e. The Morgan fingerprint density at radius 3 is 2.74 bits per heavy atom. The fraction of sp³-hybridized carbons (Fsp3) is 0.200. The van der Waals surface area contributed by atoms with Crippen molar-refractivity contribution >= 4 is 11.6 Å². The molecule has 4 heteroatoms. The van der Waals surface area contributed by atoms with Gasteiger partial charge in [0.1, 0.15) is 11.8 Å². The van der Waals surface area contributed by atoms with E-state index in [-0.39, 0.29) is 11.9 Å². The van der Waals surface area contributed by atoms with Crippen LogP contribution < -0.4 is 0 Å². The molecule has 0 aliphatic carbocycles. The first-order valence-corrected chi connectivity index (χ1v) is 6.22. The van der Waals surface area contributed by atoms with Crippen molar-refractivity contribution in [1.82, 2.24) is 5.01 Å². The van der Waals surface area contributed by atoms with E-state index < -0.39 is 0 Å². The number of furan rings is 1. The summed E-state index contributed by atoms with van der Waals surface area (Å²) in [7, 11) is 0. The van der Waals surface area contributed by atoms with Crippen molar-refractivity contribution in [3.63, 3.8) is 0 Å². The van der Waals surface area contributed by atoms with Gasteiger partial charge in [0.2, 0.25) is 0 Å². The lowest BCUT2D eigenvalue weighted by molar-refractivity contribution is 0.0693. The summed E-state index contributed by atoms with van der Waals surface area (Å²) in [5.41, 5.74) is 1.57. The van der Waals surface area contributed by atoms with Crippen LogP contribution in [0.15, 0.2) is 58.2 Å². The topological polar surface area (TPSA) is 45.8 Å². The zero-order chi connectivity index (χ0) is 13.2. The third-order valence-electron chi connectivity index (χ3n) is 3.16. The maximum absolute atomic E-state index is 12.5. The molecule has 1 aromatic heterocycles. The molecule has 0 fully saturated rings. The number of amides is 1. The van der Waals surface area contributed by atoms with E-state index in [0.717, 1.165) is 11.5 Å². The van der Waals surface area contributed by atoms with Gasteiger partial charge in [-0.05, 0) is 31.2 Å². The summed E-state index contributed by atoms with van der Waals surface area (Å²) in [5, 5.41) is 5.86. The van der Waals surface area contributed by atoms with Crippen molar-refractivity contribution in [2.75, 3.05) is 0 Å². The molecule has 96 valence electrons. The third-order valence-corrected chi connectivity index (χ3v) is 3.16. The van der Waals surface area contributed by atoms with Gasteiger partial charge < -0.3 is 4.42 Å². The standard InChI is InChI=1S/C15H14N2O2/c1-11-10-13(14-8-5-9-19-14)17(16-11)15(18)12-6-3-2-4-7-12/h2-9,13H,10H2,1H3. The van der Waals surface area contributed by atoms with Gasteiger partial charge in [-0.25, -0.2) is 5.01 Å². The lowest BCUT2D eigenvalue weighted by atomic mass is 10.1. The summed E-state index contributed by atoms with van der Waals surface area (Å²) in [5.74, 6) is 0.670. The Labute approximate surface area is 111 Å². The molecule has 4 nitrogen and oxygen atoms in total. The molecule has 1 aliphatic rings. The maximum atomic E-state index is 12.5. The summed E-state index contributed by atoms with van der Waals surface area (Å²) in [6.45, 7) is 1.92. The number of nitrogens with zero attached hydrogens (tertiary/aromatic N) is 2. The van der Waals surface area contributed by atoms with Gasteiger partial charge in [0.15, 0.2) is 0 Å². The SMILES string of the molecule is CC1=NN(C(=O)c2ccccc2)C(c2ccco2)C1. The average molecular weight is 254 g/mol. The third kappa shape index (κ3) is 2.17. The molecule has 2 heterocycles. The minimum atomic E-state index is -0.136. The summed E-state index contributed by atoms with van der Waals surface area (Å²) in [6.07, 6.45) is 2.33. The maximum Gasteiger partial charge on any atom is 0.274 e. The van der Waals surface area contributed by atoms with Crippen LogP contribution in [0.1, 0.15) is 35.5 Å². The van der Waals surface area contributed by atoms with Crippen molar-refractivity contribution in [2.45, 2.75) is 19.4 Å². The first-order chi connectivity index (χ1) is 9.25. The fourth-order valence-corrected chi connectivity index (χ4v) is 2.26. The molecule has 2 aromatic rings. The predicted octanol–water partition coefficient (Wildman–Crippen LogP) is 3.24. The highest BCUT2D eigenvalue weighted by Crippen LogP contribution is 2.32. The lowest BCUT2D eigenvalue weighted by Gasteiger charge is -2.19. The quantitative estimate of drug-likeness (QED) is 0.825. The Hall–Kier alpha value is -2.36. The van der Waals surface area contributed by atoms with Crippen molar-refractivity contribution in [2.24, 2.45) is 5.10 Å². The molecule has 0 bridgehead atoms. The van der Waals surface area contributed by atoms with Crippen molar-refractivity contribution in [3.8, 4) is 0 Å². The first kappa shape index (κ1) is 11.7. The van der Waals surface area contributed by atoms with Gasteiger partial charge in [0.05, 0.1) is 6.26 Å². The van der Waals surface area contributed by atoms with E-state index in [1.165, 1.54) is 5.01 Å². The van der Waals surface area contributed by atoms with E-state index in [2.05, 4.69) is 5.10 Å². The van der Waals surface area contributed by atoms with Gasteiger partial charge in [0, 0.05) is 17.7 Å². The van der Waals surface area contributed by atoms with Crippen molar-refractivity contribution in [1.29, 1.82) is 0 Å². The highest BCUT2D eigenvalue weighted by Gasteiger charge is 2.33. The van der Waals surface area contributed by atoms with Crippen molar-refractivity contribution < 1.29 is 9.21 Å². The second-order valence-electron chi connectivity index (χ2n) is 4.59. The van der Waals surface area contributed by atoms with Crippen LogP contribution in [0.5, 0.6) is 0 Å². The molecule has 0 spiro atoms. The van der Waals surface area contributed by atoms with Gasteiger partial charge in [-0.15, -0.1) is 0 Å². The summed E-state index contributed by atoms with van der Waals surface area (Å²) < 4.78 is 5.41. The smallest absolute Gasteiger partial charge is 0.274 e. The highest BCUT2D eigenvalue weighted by atomic mass is 16.3. The molecule has 19 heavy (non-hydrogen) atoms. The second kappa shape index (κ2) is 4.72. The Morgan fingerprint density at radius 1 is 1.26 bits per heavy atom. The van der Waals surface area contributed by atoms with Gasteiger partial charge in [-0.1, -0.05) is 18.2 Å². The van der Waals surface area contributed by atoms with Crippen LogP contribution in [-0.4, -0.2) is 16.6 Å². The van der Waals surface area contributed by atoms with Crippen LogP contribution in [0.4, 0.5) is 0 Å². The van der Waals surface area contributed by atoms with E-state index in [9.17, 15) is 4.79 Å². The molecule has 0 saturated carbocycles. The minimum Gasteiger partial charge on any atom is -0.467 e. The van der Waals surface area contributed by atoms with Crippen LogP contribution in [0, 0.1) is 0 Å². The number of carbonyl (C=O) groups is 1. The molecule has 0 N–H and O–H groups in total. The highest BCUT2D eigenvalue weighted by molar-refractivity contribution is 5.97. The minimum absolute atomic E-state index is 0.0983. The predicted molar refractivity (Wildman–Crippen MR) is 71.8 cm³/mol. The van der Waals surface area contributed by atoms with Crippen molar-refractivity contribution in [3.05, 3.63) is 60.1 Å². The van der Waals surface area contributed by atoms with Crippen LogP contribution in [0.3, 0.4) is 0 Å². The van der Waals surface area contributed by atoms with E-state index >= 15 is 0 Å². The normalized spacial score (nSPS) is 18.5. The summed E-state index contributed by atoms with van der Waals surface area (Å²) in [6, 6.07) is 12.7. The molecule has 1 amide bonds. The molecule has 1 aliphatic heterocycles. The molecule has 0 radical (unpaired) electrons. The summed E-state index contributed by atoms with van der Waals surface area (Å²) in [4.78, 5) is 12.5. The van der Waals surface area contributed by atoms with Crippen LogP contribution >= 0.6 is 0 Å². The monoisotopic (exact) mass is 254 g/mol. The zero-order valence-electron chi connectivity index (χ0n) is 10.6. The molecule has 0 saturated heterocycles. The van der Waals surface area contributed by atoms with Gasteiger partial charge >= 0.3 is 0 Å². The zero-order valence-corrected chi connectivity index (χ0v) is 10.6. The van der Waals surface area contributed by atoms with Gasteiger partial charge in [-0.3, -0.25) is 4.79 Å². The molecule has 3 rings (SSSR count). The Morgan fingerprint density at radius 2 is 2.05 bits per heavy atom. The van der Waals surface area contributed by atoms with Crippen LogP contribution in [0.25, 0.3) is 0 Å². The van der Waals surface area contributed by atoms with E-state index in [1.54, 1.807) is 18.4 Å². The van der Waals surface area contributed by atoms with Gasteiger partial charge in [0.25, 0.3) is 5.91 Å². The average Bonchev–Trinajstić information content (AvgIpc) is 3.07. The number of hydrazone groups is 1. The number of hydrogen-bond acceptors (Lipinski definition) is 3. The van der Waals surface area contributed by atoms with E-state index in [4.69, 9.17) is 4.42 Å². The van der Waals surface area contributed by atoms with Crippen LogP contribution in [-0.2, 0) is 0 Å². The summed E-state index contributed by atoms with van der Waals surface area (Å²) >= 11 is 0.